The number of para-hydroxylation sites is 1. The second kappa shape index (κ2) is 5.61. The van der Waals surface area contributed by atoms with Gasteiger partial charge in [-0.1, -0.05) is 41.4 Å². The molecule has 0 saturated heterocycles. The van der Waals surface area contributed by atoms with Gasteiger partial charge in [-0.25, -0.2) is 0 Å². The zero-order valence-electron chi connectivity index (χ0n) is 9.86. The molecule has 0 bridgehead atoms. The van der Waals surface area contributed by atoms with E-state index in [1.54, 1.807) is 18.2 Å². The number of hydrogen-bond acceptors (Lipinski definition) is 2. The molecule has 4 heteroatoms. The van der Waals surface area contributed by atoms with Crippen molar-refractivity contribution in [3.63, 3.8) is 0 Å². The van der Waals surface area contributed by atoms with Crippen molar-refractivity contribution in [2.75, 3.05) is 0 Å². The number of ether oxygens (including phenoxy) is 1. The van der Waals surface area contributed by atoms with E-state index >= 15 is 0 Å². The van der Waals surface area contributed by atoms with Crippen molar-refractivity contribution < 1.29 is 4.74 Å². The fourth-order valence-electron chi connectivity index (χ4n) is 1.63. The summed E-state index contributed by atoms with van der Waals surface area (Å²) in [5.74, 6) is 1.27. The van der Waals surface area contributed by atoms with Crippen LogP contribution in [0.25, 0.3) is 0 Å². The Labute approximate surface area is 116 Å². The highest BCUT2D eigenvalue weighted by molar-refractivity contribution is 6.35. The normalized spacial score (nSPS) is 12.2. The van der Waals surface area contributed by atoms with Crippen LogP contribution in [0.15, 0.2) is 42.5 Å². The predicted octanol–water partition coefficient (Wildman–Crippen LogP) is 4.81. The Bertz CT molecular complexity index is 555. The van der Waals surface area contributed by atoms with Gasteiger partial charge < -0.3 is 10.5 Å². The number of hydrogen-bond donors (Lipinski definition) is 1. The zero-order valence-corrected chi connectivity index (χ0v) is 11.4. The van der Waals surface area contributed by atoms with Crippen LogP contribution in [0.5, 0.6) is 11.5 Å². The molecule has 2 nitrogen and oxygen atoms in total. The summed E-state index contributed by atoms with van der Waals surface area (Å²) in [4.78, 5) is 0. The molecule has 18 heavy (non-hydrogen) atoms. The van der Waals surface area contributed by atoms with Gasteiger partial charge in [-0.3, -0.25) is 0 Å². The first-order valence-corrected chi connectivity index (χ1v) is 6.31. The number of rotatable bonds is 3. The van der Waals surface area contributed by atoms with Gasteiger partial charge in [0.2, 0.25) is 0 Å². The third-order valence-corrected chi connectivity index (χ3v) is 3.05. The molecule has 1 atom stereocenters. The summed E-state index contributed by atoms with van der Waals surface area (Å²) in [5.41, 5.74) is 6.83. The van der Waals surface area contributed by atoms with Crippen LogP contribution in [0.1, 0.15) is 18.5 Å². The molecule has 0 amide bonds. The van der Waals surface area contributed by atoms with Crippen LogP contribution in [-0.4, -0.2) is 0 Å². The van der Waals surface area contributed by atoms with Crippen molar-refractivity contribution in [3.05, 3.63) is 58.1 Å². The van der Waals surface area contributed by atoms with Crippen LogP contribution in [-0.2, 0) is 0 Å². The minimum atomic E-state index is -0.104. The van der Waals surface area contributed by atoms with E-state index in [0.29, 0.717) is 21.5 Å². The van der Waals surface area contributed by atoms with Gasteiger partial charge in [-0.05, 0) is 31.2 Å². The first-order valence-electron chi connectivity index (χ1n) is 5.55. The summed E-state index contributed by atoms with van der Waals surface area (Å²) >= 11 is 11.9. The molecule has 0 radical (unpaired) electrons. The second-order valence-corrected chi connectivity index (χ2v) is 4.85. The van der Waals surface area contributed by atoms with E-state index in [9.17, 15) is 0 Å². The molecule has 0 fully saturated rings. The summed E-state index contributed by atoms with van der Waals surface area (Å²) in [7, 11) is 0. The third kappa shape index (κ3) is 2.96. The Hall–Kier alpha value is -1.22. The van der Waals surface area contributed by atoms with E-state index in [1.807, 2.05) is 31.2 Å². The smallest absolute Gasteiger partial charge is 0.146 e. The lowest BCUT2D eigenvalue weighted by Gasteiger charge is -2.14. The Morgan fingerprint density at radius 1 is 1.06 bits per heavy atom. The number of halogens is 2. The Kier molecular flexibility index (Phi) is 4.12. The van der Waals surface area contributed by atoms with Crippen LogP contribution in [0.4, 0.5) is 0 Å². The molecule has 0 aliphatic heterocycles. The topological polar surface area (TPSA) is 35.2 Å². The zero-order chi connectivity index (χ0) is 13.1. The van der Waals surface area contributed by atoms with Gasteiger partial charge in [0.05, 0.1) is 5.02 Å². The maximum Gasteiger partial charge on any atom is 0.146 e. The van der Waals surface area contributed by atoms with Crippen LogP contribution in [0.3, 0.4) is 0 Å². The van der Waals surface area contributed by atoms with Gasteiger partial charge in [0.1, 0.15) is 11.5 Å². The van der Waals surface area contributed by atoms with Crippen LogP contribution >= 0.6 is 23.2 Å². The van der Waals surface area contributed by atoms with Gasteiger partial charge in [0.15, 0.2) is 0 Å². The van der Waals surface area contributed by atoms with E-state index in [-0.39, 0.29) is 6.04 Å². The highest BCUT2D eigenvalue weighted by atomic mass is 35.5. The van der Waals surface area contributed by atoms with Crippen molar-refractivity contribution in [2.24, 2.45) is 5.73 Å². The molecular formula is C14H13Cl2NO. The SMILES string of the molecule is C[C@H](N)c1ccccc1Oc1ccc(Cl)cc1Cl. The number of nitrogens with two attached hydrogens (primary N) is 1. The third-order valence-electron chi connectivity index (χ3n) is 2.52. The average Bonchev–Trinajstić information content (AvgIpc) is 2.33. The maximum absolute atomic E-state index is 6.07. The quantitative estimate of drug-likeness (QED) is 0.877. The van der Waals surface area contributed by atoms with Crippen molar-refractivity contribution in [1.82, 2.24) is 0 Å². The first-order chi connectivity index (χ1) is 8.58. The molecule has 0 spiro atoms. The van der Waals surface area contributed by atoms with E-state index in [2.05, 4.69) is 0 Å². The molecule has 0 aliphatic rings. The fourth-order valence-corrected chi connectivity index (χ4v) is 2.07. The van der Waals surface area contributed by atoms with Crippen molar-refractivity contribution in [1.29, 1.82) is 0 Å². The Balaban J connectivity index is 2.34. The van der Waals surface area contributed by atoms with Crippen molar-refractivity contribution in [3.8, 4) is 11.5 Å². The monoisotopic (exact) mass is 281 g/mol. The van der Waals surface area contributed by atoms with E-state index in [1.165, 1.54) is 0 Å². The molecule has 2 rings (SSSR count). The fraction of sp³-hybridized carbons (Fsp3) is 0.143. The molecule has 2 aromatic carbocycles. The second-order valence-electron chi connectivity index (χ2n) is 4.00. The highest BCUT2D eigenvalue weighted by Crippen LogP contribution is 2.34. The largest absolute Gasteiger partial charge is 0.455 e. The predicted molar refractivity (Wildman–Crippen MR) is 75.6 cm³/mol. The van der Waals surface area contributed by atoms with E-state index < -0.39 is 0 Å². The molecule has 2 N–H and O–H groups in total. The molecule has 0 aliphatic carbocycles. The molecule has 94 valence electrons. The van der Waals surface area contributed by atoms with Gasteiger partial charge in [-0.15, -0.1) is 0 Å². The van der Waals surface area contributed by atoms with Crippen molar-refractivity contribution in [2.45, 2.75) is 13.0 Å². The van der Waals surface area contributed by atoms with Gasteiger partial charge >= 0.3 is 0 Å². The maximum atomic E-state index is 6.07. The lowest BCUT2D eigenvalue weighted by atomic mass is 10.1. The molecule has 0 saturated carbocycles. The minimum absolute atomic E-state index is 0.104. The van der Waals surface area contributed by atoms with Gasteiger partial charge in [0, 0.05) is 16.6 Å². The first kappa shape index (κ1) is 13.2. The average molecular weight is 282 g/mol. The van der Waals surface area contributed by atoms with Crippen molar-refractivity contribution >= 4 is 23.2 Å². The standard InChI is InChI=1S/C14H13Cl2NO/c1-9(17)11-4-2-3-5-13(11)18-14-7-6-10(15)8-12(14)16/h2-9H,17H2,1H3/t9-/m0/s1. The molecule has 2 aromatic rings. The summed E-state index contributed by atoms with van der Waals surface area (Å²) in [5, 5.41) is 1.05. The Morgan fingerprint density at radius 3 is 2.44 bits per heavy atom. The minimum Gasteiger partial charge on any atom is -0.455 e. The van der Waals surface area contributed by atoms with E-state index in [0.717, 1.165) is 5.56 Å². The summed E-state index contributed by atoms with van der Waals surface area (Å²) in [6.45, 7) is 1.91. The summed E-state index contributed by atoms with van der Waals surface area (Å²) in [6.07, 6.45) is 0. The van der Waals surface area contributed by atoms with Crippen LogP contribution in [0.2, 0.25) is 10.0 Å². The summed E-state index contributed by atoms with van der Waals surface area (Å²) < 4.78 is 5.79. The lowest BCUT2D eigenvalue weighted by Crippen LogP contribution is -2.06. The molecule has 0 heterocycles. The highest BCUT2D eigenvalue weighted by Gasteiger charge is 2.10. The summed E-state index contributed by atoms with van der Waals surface area (Å²) in [6, 6.07) is 12.6. The lowest BCUT2D eigenvalue weighted by molar-refractivity contribution is 0.472. The Morgan fingerprint density at radius 2 is 1.78 bits per heavy atom. The van der Waals surface area contributed by atoms with Crippen LogP contribution in [0, 0.1) is 0 Å². The van der Waals surface area contributed by atoms with Gasteiger partial charge in [-0.2, -0.15) is 0 Å². The molecular weight excluding hydrogens is 269 g/mol. The molecule has 0 unspecified atom stereocenters. The van der Waals surface area contributed by atoms with Crippen LogP contribution < -0.4 is 10.5 Å². The van der Waals surface area contributed by atoms with Gasteiger partial charge in [0.25, 0.3) is 0 Å². The molecule has 0 aromatic heterocycles. The number of benzene rings is 2. The van der Waals surface area contributed by atoms with E-state index in [4.69, 9.17) is 33.7 Å².